The topological polar surface area (TPSA) is 120 Å². The largest absolute Gasteiger partial charge is 0.513 e. The normalized spacial score (nSPS) is 10.2. The van der Waals surface area contributed by atoms with E-state index in [-0.39, 0.29) is 24.2 Å². The van der Waals surface area contributed by atoms with Gasteiger partial charge in [-0.25, -0.2) is 4.79 Å². The van der Waals surface area contributed by atoms with E-state index < -0.39 is 6.16 Å². The molecule has 0 radical (unpaired) electrons. The van der Waals surface area contributed by atoms with E-state index in [0.29, 0.717) is 29.0 Å². The number of ether oxygens (including phenoxy) is 2. The number of carbonyl (C=O) groups excluding carboxylic acids is 3. The van der Waals surface area contributed by atoms with Crippen LogP contribution in [0.15, 0.2) is 72.8 Å². The molecule has 0 saturated heterocycles. The van der Waals surface area contributed by atoms with Crippen molar-refractivity contribution in [3.63, 3.8) is 0 Å². The van der Waals surface area contributed by atoms with Crippen LogP contribution in [-0.4, -0.2) is 24.6 Å². The smallest absolute Gasteiger partial charge is 0.434 e. The fourth-order valence-electron chi connectivity index (χ4n) is 2.80. The van der Waals surface area contributed by atoms with Gasteiger partial charge in [-0.1, -0.05) is 12.1 Å². The lowest BCUT2D eigenvalue weighted by Gasteiger charge is -2.10. The molecule has 2 amide bonds. The lowest BCUT2D eigenvalue weighted by Crippen LogP contribution is -2.22. The summed E-state index contributed by atoms with van der Waals surface area (Å²) in [6.07, 6.45) is -0.801. The second kappa shape index (κ2) is 10.6. The summed E-state index contributed by atoms with van der Waals surface area (Å²) in [6, 6.07) is 19.9. The number of amides is 2. The Morgan fingerprint density at radius 3 is 2.22 bits per heavy atom. The van der Waals surface area contributed by atoms with E-state index in [1.165, 1.54) is 12.1 Å². The number of hydrogen-bond acceptors (Lipinski definition) is 6. The third-order valence-electron chi connectivity index (χ3n) is 4.39. The Morgan fingerprint density at radius 1 is 0.875 bits per heavy atom. The molecule has 0 atom stereocenters. The van der Waals surface area contributed by atoms with E-state index in [2.05, 4.69) is 10.6 Å². The molecule has 0 aliphatic rings. The van der Waals surface area contributed by atoms with Crippen molar-refractivity contribution in [2.24, 2.45) is 0 Å². The lowest BCUT2D eigenvalue weighted by molar-refractivity contribution is 0.0949. The highest BCUT2D eigenvalue weighted by molar-refractivity contribution is 6.04. The molecule has 8 nitrogen and oxygen atoms in total. The first-order valence-corrected chi connectivity index (χ1v) is 9.93. The van der Waals surface area contributed by atoms with Crippen molar-refractivity contribution < 1.29 is 23.9 Å². The van der Waals surface area contributed by atoms with Gasteiger partial charge in [0.2, 0.25) is 0 Å². The molecule has 0 saturated carbocycles. The van der Waals surface area contributed by atoms with Crippen molar-refractivity contribution in [3.8, 4) is 5.75 Å². The third kappa shape index (κ3) is 6.33. The standard InChI is InChI=1S/C24H23N3O5/c1-2-31-24(30)32-21-12-8-18(9-13-21)23(29)27-20-5-3-4-16(14-20)15-26-22(28)17-6-10-19(25)11-7-17/h3-14H,2,15,25H2,1H3,(H,26,28)(H,27,29). The van der Waals surface area contributed by atoms with Gasteiger partial charge in [0.1, 0.15) is 5.75 Å². The second-order valence-electron chi connectivity index (χ2n) is 6.77. The number of benzene rings is 3. The van der Waals surface area contributed by atoms with Crippen LogP contribution in [-0.2, 0) is 11.3 Å². The minimum Gasteiger partial charge on any atom is -0.434 e. The summed E-state index contributed by atoms with van der Waals surface area (Å²) in [7, 11) is 0. The van der Waals surface area contributed by atoms with Crippen molar-refractivity contribution in [2.45, 2.75) is 13.5 Å². The number of nitrogens with two attached hydrogens (primary N) is 1. The molecule has 0 aliphatic heterocycles. The van der Waals surface area contributed by atoms with Crippen molar-refractivity contribution in [1.82, 2.24) is 5.32 Å². The molecule has 32 heavy (non-hydrogen) atoms. The Kier molecular flexibility index (Phi) is 7.42. The Bertz CT molecular complexity index is 1100. The van der Waals surface area contributed by atoms with Crippen LogP contribution in [0.25, 0.3) is 0 Å². The Labute approximate surface area is 185 Å². The molecular weight excluding hydrogens is 410 g/mol. The summed E-state index contributed by atoms with van der Waals surface area (Å²) in [5.41, 5.74) is 8.54. The number of rotatable bonds is 7. The number of nitrogens with one attached hydrogen (secondary N) is 2. The highest BCUT2D eigenvalue weighted by Gasteiger charge is 2.10. The highest BCUT2D eigenvalue weighted by atomic mass is 16.7. The summed E-state index contributed by atoms with van der Waals surface area (Å²) in [5.74, 6) is -0.265. The fourth-order valence-corrected chi connectivity index (χ4v) is 2.80. The Balaban J connectivity index is 1.56. The zero-order valence-corrected chi connectivity index (χ0v) is 17.5. The summed E-state index contributed by atoms with van der Waals surface area (Å²) < 4.78 is 9.68. The maximum atomic E-state index is 12.5. The molecule has 3 aromatic rings. The van der Waals surface area contributed by atoms with Gasteiger partial charge in [-0.2, -0.15) is 0 Å². The molecule has 8 heteroatoms. The first-order valence-electron chi connectivity index (χ1n) is 9.93. The van der Waals surface area contributed by atoms with Gasteiger partial charge in [0, 0.05) is 29.0 Å². The summed E-state index contributed by atoms with van der Waals surface area (Å²) in [5, 5.41) is 5.64. The molecule has 0 aromatic heterocycles. The first kappa shape index (κ1) is 22.4. The van der Waals surface area contributed by atoms with Crippen LogP contribution in [0.3, 0.4) is 0 Å². The zero-order chi connectivity index (χ0) is 22.9. The number of carbonyl (C=O) groups is 3. The van der Waals surface area contributed by atoms with E-state index in [1.54, 1.807) is 61.5 Å². The third-order valence-corrected chi connectivity index (χ3v) is 4.39. The zero-order valence-electron chi connectivity index (χ0n) is 17.5. The van der Waals surface area contributed by atoms with E-state index in [0.717, 1.165) is 5.56 Å². The highest BCUT2D eigenvalue weighted by Crippen LogP contribution is 2.16. The molecule has 3 aromatic carbocycles. The van der Waals surface area contributed by atoms with E-state index >= 15 is 0 Å². The van der Waals surface area contributed by atoms with Crippen molar-refractivity contribution in [3.05, 3.63) is 89.5 Å². The molecule has 0 bridgehead atoms. The molecule has 4 N–H and O–H groups in total. The second-order valence-corrected chi connectivity index (χ2v) is 6.77. The van der Waals surface area contributed by atoms with E-state index in [4.69, 9.17) is 15.2 Å². The van der Waals surface area contributed by atoms with E-state index in [9.17, 15) is 14.4 Å². The monoisotopic (exact) mass is 433 g/mol. The molecule has 3 rings (SSSR count). The predicted octanol–water partition coefficient (Wildman–Crippen LogP) is 3.99. The summed E-state index contributed by atoms with van der Waals surface area (Å²) in [4.78, 5) is 36.1. The van der Waals surface area contributed by atoms with Crippen LogP contribution in [0.2, 0.25) is 0 Å². The molecule has 0 heterocycles. The predicted molar refractivity (Wildman–Crippen MR) is 121 cm³/mol. The van der Waals surface area contributed by atoms with Crippen LogP contribution < -0.4 is 21.1 Å². The minimum atomic E-state index is -0.801. The molecule has 0 fully saturated rings. The SMILES string of the molecule is CCOC(=O)Oc1ccc(C(=O)Nc2cccc(CNC(=O)c3ccc(N)cc3)c2)cc1. The molecule has 0 unspecified atom stereocenters. The molecular formula is C24H23N3O5. The van der Waals surface area contributed by atoms with Crippen molar-refractivity contribution in [1.29, 1.82) is 0 Å². The number of hydrogen-bond donors (Lipinski definition) is 3. The summed E-state index contributed by atoms with van der Waals surface area (Å²) in [6.45, 7) is 2.19. The van der Waals surface area contributed by atoms with Crippen molar-refractivity contribution in [2.75, 3.05) is 17.7 Å². The Hall–Kier alpha value is -4.33. The first-order chi connectivity index (χ1) is 15.4. The van der Waals surface area contributed by atoms with Gasteiger partial charge in [-0.15, -0.1) is 0 Å². The van der Waals surface area contributed by atoms with Crippen LogP contribution >= 0.6 is 0 Å². The summed E-state index contributed by atoms with van der Waals surface area (Å²) >= 11 is 0. The van der Waals surface area contributed by atoms with Crippen LogP contribution in [0.5, 0.6) is 5.75 Å². The van der Waals surface area contributed by atoms with Gasteiger partial charge in [0.05, 0.1) is 6.61 Å². The average Bonchev–Trinajstić information content (AvgIpc) is 2.79. The molecule has 0 aliphatic carbocycles. The lowest BCUT2D eigenvalue weighted by atomic mass is 10.1. The molecule has 164 valence electrons. The fraction of sp³-hybridized carbons (Fsp3) is 0.125. The molecule has 0 spiro atoms. The number of nitrogen functional groups attached to an aromatic ring is 1. The van der Waals surface area contributed by atoms with Gasteiger partial charge in [0.25, 0.3) is 11.8 Å². The van der Waals surface area contributed by atoms with Crippen LogP contribution in [0.1, 0.15) is 33.2 Å². The van der Waals surface area contributed by atoms with Crippen molar-refractivity contribution >= 4 is 29.3 Å². The average molecular weight is 433 g/mol. The van der Waals surface area contributed by atoms with Gasteiger partial charge >= 0.3 is 6.16 Å². The maximum Gasteiger partial charge on any atom is 0.513 e. The Morgan fingerprint density at radius 2 is 1.53 bits per heavy atom. The van der Waals surface area contributed by atoms with Crippen LogP contribution in [0.4, 0.5) is 16.2 Å². The van der Waals surface area contributed by atoms with Gasteiger partial charge in [0.15, 0.2) is 0 Å². The van der Waals surface area contributed by atoms with Gasteiger partial charge < -0.3 is 25.8 Å². The quantitative estimate of drug-likeness (QED) is 0.294. The van der Waals surface area contributed by atoms with Crippen LogP contribution in [0, 0.1) is 0 Å². The van der Waals surface area contributed by atoms with Gasteiger partial charge in [-0.3, -0.25) is 9.59 Å². The maximum absolute atomic E-state index is 12.5. The number of anilines is 2. The minimum absolute atomic E-state index is 0.212. The van der Waals surface area contributed by atoms with E-state index in [1.807, 2.05) is 6.07 Å². The van der Waals surface area contributed by atoms with Gasteiger partial charge in [-0.05, 0) is 73.2 Å².